The van der Waals surface area contributed by atoms with Crippen molar-refractivity contribution in [1.82, 2.24) is 4.90 Å². The maximum atomic E-state index is 11.7. The third-order valence-electron chi connectivity index (χ3n) is 3.00. The van der Waals surface area contributed by atoms with Crippen LogP contribution in [-0.2, 0) is 11.3 Å². The molecule has 0 aliphatic carbocycles. The highest BCUT2D eigenvalue weighted by Gasteiger charge is 2.20. The van der Waals surface area contributed by atoms with E-state index >= 15 is 0 Å². The molecule has 0 atom stereocenters. The number of amides is 1. The first kappa shape index (κ1) is 13.9. The molecule has 0 bridgehead atoms. The van der Waals surface area contributed by atoms with Crippen LogP contribution >= 0.6 is 0 Å². The van der Waals surface area contributed by atoms with Crippen LogP contribution in [0.4, 0.5) is 5.69 Å². The minimum Gasteiger partial charge on any atom is -0.370 e. The summed E-state index contributed by atoms with van der Waals surface area (Å²) in [7, 11) is 0. The highest BCUT2D eigenvalue weighted by atomic mass is 16.2. The van der Waals surface area contributed by atoms with E-state index in [0.717, 1.165) is 18.5 Å². The second-order valence-electron chi connectivity index (χ2n) is 4.55. The van der Waals surface area contributed by atoms with Gasteiger partial charge in [-0.3, -0.25) is 4.79 Å². The molecule has 1 fully saturated rings. The largest absolute Gasteiger partial charge is 0.370 e. The Morgan fingerprint density at radius 3 is 2.65 bits per heavy atom. The fourth-order valence-corrected chi connectivity index (χ4v) is 2.11. The third kappa shape index (κ3) is 3.47. The van der Waals surface area contributed by atoms with Gasteiger partial charge in [-0.05, 0) is 18.1 Å². The number of hydrogen-bond donors (Lipinski definition) is 3. The van der Waals surface area contributed by atoms with Gasteiger partial charge in [0.1, 0.15) is 0 Å². The van der Waals surface area contributed by atoms with Crippen molar-refractivity contribution in [3.63, 3.8) is 0 Å². The molecule has 1 saturated heterocycles. The first-order valence-corrected chi connectivity index (χ1v) is 6.36. The normalized spacial score (nSPS) is 15.5. The van der Waals surface area contributed by atoms with E-state index in [2.05, 4.69) is 9.98 Å². The summed E-state index contributed by atoms with van der Waals surface area (Å²) in [6.07, 6.45) is 1.52. The van der Waals surface area contributed by atoms with Crippen molar-refractivity contribution < 1.29 is 4.79 Å². The lowest BCUT2D eigenvalue weighted by molar-refractivity contribution is -0.128. The number of nitrogens with zero attached hydrogens (tertiary/aromatic N) is 3. The molecule has 106 valence electrons. The van der Waals surface area contributed by atoms with Gasteiger partial charge < -0.3 is 22.1 Å². The molecule has 6 N–H and O–H groups in total. The average Bonchev–Trinajstić information content (AvgIpc) is 2.76. The number of nitrogens with two attached hydrogens (primary N) is 3. The van der Waals surface area contributed by atoms with Gasteiger partial charge in [0.05, 0.1) is 5.69 Å². The number of carbonyl (C=O) groups excluding carboxylic acids is 1. The van der Waals surface area contributed by atoms with Crippen LogP contribution in [0, 0.1) is 0 Å². The van der Waals surface area contributed by atoms with Crippen LogP contribution in [0.25, 0.3) is 0 Å². The minimum absolute atomic E-state index is 0.00908. The van der Waals surface area contributed by atoms with Gasteiger partial charge in [-0.2, -0.15) is 4.99 Å². The highest BCUT2D eigenvalue weighted by molar-refractivity contribution is 5.93. The predicted molar refractivity (Wildman–Crippen MR) is 78.2 cm³/mol. The van der Waals surface area contributed by atoms with Crippen molar-refractivity contribution in [2.45, 2.75) is 19.4 Å². The Bertz CT molecular complexity index is 562. The lowest BCUT2D eigenvalue weighted by Gasteiger charge is -2.16. The van der Waals surface area contributed by atoms with Crippen molar-refractivity contribution in [1.29, 1.82) is 0 Å². The van der Waals surface area contributed by atoms with Crippen LogP contribution in [0.1, 0.15) is 18.4 Å². The molecule has 1 amide bonds. The summed E-state index contributed by atoms with van der Waals surface area (Å²) in [4.78, 5) is 21.3. The molecule has 0 aromatic heterocycles. The average molecular weight is 274 g/mol. The standard InChI is InChI=1S/C13H18N6O/c14-12(15)18-13(16)17-10-5-2-1-4-9(10)8-19-7-3-6-11(19)20/h1-2,4-5H,3,6-8H2,(H6,14,15,16,17,18). The van der Waals surface area contributed by atoms with Crippen LogP contribution in [0.5, 0.6) is 0 Å². The van der Waals surface area contributed by atoms with E-state index in [4.69, 9.17) is 17.2 Å². The Morgan fingerprint density at radius 2 is 2.00 bits per heavy atom. The zero-order valence-electron chi connectivity index (χ0n) is 11.1. The third-order valence-corrected chi connectivity index (χ3v) is 3.00. The van der Waals surface area contributed by atoms with E-state index in [1.54, 1.807) is 0 Å². The van der Waals surface area contributed by atoms with Gasteiger partial charge in [0.15, 0.2) is 5.96 Å². The summed E-state index contributed by atoms with van der Waals surface area (Å²) in [6.45, 7) is 1.30. The van der Waals surface area contributed by atoms with E-state index in [0.29, 0.717) is 18.7 Å². The zero-order valence-corrected chi connectivity index (χ0v) is 11.1. The van der Waals surface area contributed by atoms with E-state index < -0.39 is 0 Å². The van der Waals surface area contributed by atoms with Crippen molar-refractivity contribution in [2.75, 3.05) is 6.54 Å². The monoisotopic (exact) mass is 274 g/mol. The van der Waals surface area contributed by atoms with Crippen molar-refractivity contribution in [3.8, 4) is 0 Å². The number of rotatable bonds is 3. The summed E-state index contributed by atoms with van der Waals surface area (Å²) in [5, 5.41) is 0. The molecule has 1 heterocycles. The molecule has 0 unspecified atom stereocenters. The van der Waals surface area contributed by atoms with E-state index in [9.17, 15) is 4.79 Å². The Balaban J connectivity index is 2.22. The van der Waals surface area contributed by atoms with Crippen molar-refractivity contribution in [3.05, 3.63) is 29.8 Å². The van der Waals surface area contributed by atoms with Gasteiger partial charge in [-0.25, -0.2) is 4.99 Å². The predicted octanol–water partition coefficient (Wildman–Crippen LogP) is 0.0286. The Hall–Kier alpha value is -2.57. The molecule has 0 radical (unpaired) electrons. The minimum atomic E-state index is -0.140. The van der Waals surface area contributed by atoms with Crippen LogP contribution in [0.3, 0.4) is 0 Å². The second kappa shape index (κ2) is 6.05. The molecular formula is C13H18N6O. The summed E-state index contributed by atoms with van der Waals surface area (Å²) in [5.41, 5.74) is 17.7. The van der Waals surface area contributed by atoms with Crippen LogP contribution in [0.15, 0.2) is 34.3 Å². The highest BCUT2D eigenvalue weighted by Crippen LogP contribution is 2.22. The first-order chi connectivity index (χ1) is 9.56. The van der Waals surface area contributed by atoms with Crippen LogP contribution in [0.2, 0.25) is 0 Å². The second-order valence-corrected chi connectivity index (χ2v) is 4.55. The number of para-hydroxylation sites is 1. The Morgan fingerprint density at radius 1 is 1.25 bits per heavy atom. The summed E-state index contributed by atoms with van der Waals surface area (Å²) in [5.74, 6) is 0.0182. The maximum absolute atomic E-state index is 11.7. The van der Waals surface area contributed by atoms with Crippen molar-refractivity contribution >= 4 is 23.5 Å². The number of benzene rings is 1. The Labute approximate surface area is 117 Å². The zero-order chi connectivity index (χ0) is 14.5. The van der Waals surface area contributed by atoms with Crippen LogP contribution < -0.4 is 17.2 Å². The molecule has 1 aliphatic heterocycles. The summed E-state index contributed by atoms with van der Waals surface area (Å²) < 4.78 is 0. The smallest absolute Gasteiger partial charge is 0.223 e. The molecule has 20 heavy (non-hydrogen) atoms. The van der Waals surface area contributed by atoms with Gasteiger partial charge in [0.2, 0.25) is 11.9 Å². The van der Waals surface area contributed by atoms with Gasteiger partial charge in [0.25, 0.3) is 0 Å². The van der Waals surface area contributed by atoms with Gasteiger partial charge >= 0.3 is 0 Å². The summed E-state index contributed by atoms with van der Waals surface area (Å²) >= 11 is 0. The fraction of sp³-hybridized carbons (Fsp3) is 0.308. The first-order valence-electron chi connectivity index (χ1n) is 6.36. The van der Waals surface area contributed by atoms with Crippen molar-refractivity contribution in [2.24, 2.45) is 27.2 Å². The fourth-order valence-electron chi connectivity index (χ4n) is 2.11. The lowest BCUT2D eigenvalue weighted by atomic mass is 10.1. The quantitative estimate of drug-likeness (QED) is 0.531. The molecule has 2 rings (SSSR count). The van der Waals surface area contributed by atoms with E-state index in [1.165, 1.54) is 0 Å². The Kier molecular flexibility index (Phi) is 4.19. The number of guanidine groups is 2. The molecule has 0 spiro atoms. The van der Waals surface area contributed by atoms with E-state index in [1.807, 2.05) is 29.2 Å². The van der Waals surface area contributed by atoms with Gasteiger partial charge in [-0.15, -0.1) is 0 Å². The molecular weight excluding hydrogens is 256 g/mol. The topological polar surface area (TPSA) is 123 Å². The van der Waals surface area contributed by atoms with Gasteiger partial charge in [0, 0.05) is 19.5 Å². The maximum Gasteiger partial charge on any atom is 0.223 e. The summed E-state index contributed by atoms with van der Waals surface area (Å²) in [6, 6.07) is 7.46. The molecule has 7 nitrogen and oxygen atoms in total. The molecule has 7 heteroatoms. The molecule has 0 saturated carbocycles. The number of carbonyl (C=O) groups is 1. The number of hydrogen-bond acceptors (Lipinski definition) is 2. The molecule has 1 aliphatic rings. The lowest BCUT2D eigenvalue weighted by Crippen LogP contribution is -2.26. The van der Waals surface area contributed by atoms with E-state index in [-0.39, 0.29) is 17.8 Å². The van der Waals surface area contributed by atoms with Gasteiger partial charge in [-0.1, -0.05) is 18.2 Å². The SMILES string of the molecule is NC(N)=NC(N)=Nc1ccccc1CN1CCCC1=O. The molecule has 1 aromatic rings. The number of aliphatic imine (C=N–C) groups is 2. The molecule has 1 aromatic carbocycles. The number of likely N-dealkylation sites (tertiary alicyclic amines) is 1. The van der Waals surface area contributed by atoms with Crippen LogP contribution in [-0.4, -0.2) is 29.3 Å².